The SMILES string of the molecule is O=S(=O)(Cl)C1=CNCNC1. The molecule has 1 heterocycles. The molecule has 1 rings (SSSR count). The van der Waals surface area contributed by atoms with E-state index in [2.05, 4.69) is 10.6 Å². The van der Waals surface area contributed by atoms with Crippen molar-refractivity contribution in [2.45, 2.75) is 0 Å². The Morgan fingerprint density at radius 1 is 1.60 bits per heavy atom. The smallest absolute Gasteiger partial charge is 0.260 e. The molecule has 0 aromatic heterocycles. The maximum atomic E-state index is 10.6. The Balaban J connectivity index is 2.82. The maximum absolute atomic E-state index is 10.6. The van der Waals surface area contributed by atoms with Gasteiger partial charge in [-0.1, -0.05) is 0 Å². The largest absolute Gasteiger partial charge is 0.378 e. The summed E-state index contributed by atoms with van der Waals surface area (Å²) in [4.78, 5) is 0.181. The minimum Gasteiger partial charge on any atom is -0.378 e. The Labute approximate surface area is 63.7 Å². The molecule has 0 bridgehead atoms. The predicted octanol–water partition coefficient (Wildman–Crippen LogP) is -0.453. The Morgan fingerprint density at radius 2 is 2.30 bits per heavy atom. The zero-order valence-corrected chi connectivity index (χ0v) is 6.67. The lowest BCUT2D eigenvalue weighted by Gasteiger charge is -2.12. The van der Waals surface area contributed by atoms with E-state index in [1.54, 1.807) is 0 Å². The van der Waals surface area contributed by atoms with E-state index in [-0.39, 0.29) is 4.91 Å². The first-order valence-electron chi connectivity index (χ1n) is 2.68. The third-order valence-corrected chi connectivity index (χ3v) is 2.59. The Kier molecular flexibility index (Phi) is 2.18. The van der Waals surface area contributed by atoms with Crippen molar-refractivity contribution in [1.82, 2.24) is 10.6 Å². The highest BCUT2D eigenvalue weighted by atomic mass is 35.7. The van der Waals surface area contributed by atoms with Gasteiger partial charge in [-0.05, 0) is 0 Å². The van der Waals surface area contributed by atoms with Gasteiger partial charge in [0.15, 0.2) is 0 Å². The number of halogens is 1. The molecule has 0 amide bonds. The Morgan fingerprint density at radius 3 is 2.60 bits per heavy atom. The molecular weight excluding hydrogens is 176 g/mol. The van der Waals surface area contributed by atoms with Crippen LogP contribution >= 0.6 is 10.7 Å². The monoisotopic (exact) mass is 182 g/mol. The molecule has 58 valence electrons. The summed E-state index contributed by atoms with van der Waals surface area (Å²) in [5.74, 6) is 0. The second-order valence-electron chi connectivity index (χ2n) is 1.86. The lowest BCUT2D eigenvalue weighted by Crippen LogP contribution is -2.33. The number of nitrogens with one attached hydrogen (secondary N) is 2. The fourth-order valence-corrected chi connectivity index (χ4v) is 1.43. The van der Waals surface area contributed by atoms with Crippen molar-refractivity contribution < 1.29 is 8.42 Å². The molecule has 0 unspecified atom stereocenters. The maximum Gasteiger partial charge on any atom is 0.260 e. The molecular formula is C4H7ClN2O2S. The molecule has 0 fully saturated rings. The van der Waals surface area contributed by atoms with Crippen molar-refractivity contribution in [2.75, 3.05) is 13.2 Å². The van der Waals surface area contributed by atoms with Gasteiger partial charge in [0.25, 0.3) is 9.05 Å². The summed E-state index contributed by atoms with van der Waals surface area (Å²) < 4.78 is 21.2. The summed E-state index contributed by atoms with van der Waals surface area (Å²) in [6.07, 6.45) is 1.40. The Hall–Kier alpha value is -0.260. The summed E-state index contributed by atoms with van der Waals surface area (Å²) in [5.41, 5.74) is 0. The van der Waals surface area contributed by atoms with Crippen molar-refractivity contribution in [3.8, 4) is 0 Å². The van der Waals surface area contributed by atoms with Crippen LogP contribution in [0.25, 0.3) is 0 Å². The average molecular weight is 183 g/mol. The quantitative estimate of drug-likeness (QED) is 0.540. The second kappa shape index (κ2) is 2.77. The summed E-state index contributed by atoms with van der Waals surface area (Å²) >= 11 is 0. The molecule has 6 heteroatoms. The highest BCUT2D eigenvalue weighted by molar-refractivity contribution is 8.16. The van der Waals surface area contributed by atoms with Crippen LogP contribution in [0.5, 0.6) is 0 Å². The molecule has 0 atom stereocenters. The molecule has 0 spiro atoms. The van der Waals surface area contributed by atoms with E-state index < -0.39 is 9.05 Å². The van der Waals surface area contributed by atoms with Gasteiger partial charge in [0.05, 0.1) is 11.6 Å². The summed E-state index contributed by atoms with van der Waals surface area (Å²) in [6, 6.07) is 0. The zero-order chi connectivity index (χ0) is 7.61. The van der Waals surface area contributed by atoms with Gasteiger partial charge in [-0.25, -0.2) is 8.42 Å². The highest BCUT2D eigenvalue weighted by Gasteiger charge is 2.15. The molecule has 2 N–H and O–H groups in total. The number of hydrogen-bond donors (Lipinski definition) is 2. The van der Waals surface area contributed by atoms with E-state index in [1.807, 2.05) is 0 Å². The van der Waals surface area contributed by atoms with Crippen molar-refractivity contribution >= 4 is 19.7 Å². The molecule has 0 aromatic carbocycles. The minimum absolute atomic E-state index is 0.181. The van der Waals surface area contributed by atoms with E-state index in [0.29, 0.717) is 13.2 Å². The van der Waals surface area contributed by atoms with Crippen molar-refractivity contribution in [3.63, 3.8) is 0 Å². The lowest BCUT2D eigenvalue weighted by molar-refractivity contribution is 0.603. The molecule has 0 radical (unpaired) electrons. The van der Waals surface area contributed by atoms with Crippen LogP contribution < -0.4 is 10.6 Å². The van der Waals surface area contributed by atoms with Gasteiger partial charge >= 0.3 is 0 Å². The van der Waals surface area contributed by atoms with Gasteiger partial charge in [0.2, 0.25) is 0 Å². The van der Waals surface area contributed by atoms with Crippen molar-refractivity contribution in [1.29, 1.82) is 0 Å². The Bertz CT molecular complexity index is 246. The van der Waals surface area contributed by atoms with Crippen LogP contribution in [0.15, 0.2) is 11.1 Å². The minimum atomic E-state index is -3.52. The topological polar surface area (TPSA) is 58.2 Å². The fraction of sp³-hybridized carbons (Fsp3) is 0.500. The van der Waals surface area contributed by atoms with Crippen LogP contribution in [-0.4, -0.2) is 21.6 Å². The molecule has 1 aliphatic heterocycles. The van der Waals surface area contributed by atoms with Crippen LogP contribution in [0.1, 0.15) is 0 Å². The third-order valence-electron chi connectivity index (χ3n) is 1.10. The van der Waals surface area contributed by atoms with Gasteiger partial charge in [-0.2, -0.15) is 0 Å². The van der Waals surface area contributed by atoms with Crippen LogP contribution in [-0.2, 0) is 9.05 Å². The molecule has 0 saturated carbocycles. The van der Waals surface area contributed by atoms with E-state index in [9.17, 15) is 8.42 Å². The van der Waals surface area contributed by atoms with Crippen LogP contribution in [0.2, 0.25) is 0 Å². The summed E-state index contributed by atoms with van der Waals surface area (Å²) in [6.45, 7) is 0.884. The van der Waals surface area contributed by atoms with Gasteiger partial charge in [-0.3, -0.25) is 5.32 Å². The first-order chi connectivity index (χ1) is 4.61. The van der Waals surface area contributed by atoms with Gasteiger partial charge in [-0.15, -0.1) is 0 Å². The van der Waals surface area contributed by atoms with Crippen LogP contribution in [0.3, 0.4) is 0 Å². The molecule has 1 aliphatic rings. The first kappa shape index (κ1) is 7.84. The predicted molar refractivity (Wildman–Crippen MR) is 38.9 cm³/mol. The first-order valence-corrected chi connectivity index (χ1v) is 4.99. The zero-order valence-electron chi connectivity index (χ0n) is 5.09. The van der Waals surface area contributed by atoms with E-state index in [1.165, 1.54) is 6.20 Å². The molecule has 0 aliphatic carbocycles. The normalized spacial score (nSPS) is 19.5. The number of hydrogen-bond acceptors (Lipinski definition) is 4. The van der Waals surface area contributed by atoms with E-state index >= 15 is 0 Å². The van der Waals surface area contributed by atoms with Crippen LogP contribution in [0, 0.1) is 0 Å². The van der Waals surface area contributed by atoms with E-state index in [4.69, 9.17) is 10.7 Å². The summed E-state index contributed by atoms with van der Waals surface area (Å²) in [7, 11) is 1.52. The average Bonchev–Trinajstić information content (AvgIpc) is 1.88. The third kappa shape index (κ3) is 1.86. The molecule has 0 aromatic rings. The standard InChI is InChI=1S/C4H7ClN2O2S/c5-10(8,9)4-1-6-3-7-2-4/h1,6-7H,2-3H2. The highest BCUT2D eigenvalue weighted by Crippen LogP contribution is 2.10. The summed E-state index contributed by atoms with van der Waals surface area (Å²) in [5, 5.41) is 5.50. The molecule has 0 saturated heterocycles. The van der Waals surface area contributed by atoms with Crippen LogP contribution in [0.4, 0.5) is 0 Å². The number of rotatable bonds is 1. The van der Waals surface area contributed by atoms with Gasteiger partial charge in [0.1, 0.15) is 0 Å². The van der Waals surface area contributed by atoms with E-state index in [0.717, 1.165) is 0 Å². The van der Waals surface area contributed by atoms with Gasteiger partial charge in [0, 0.05) is 23.4 Å². The fourth-order valence-electron chi connectivity index (χ4n) is 0.630. The molecule has 4 nitrogen and oxygen atoms in total. The van der Waals surface area contributed by atoms with Gasteiger partial charge < -0.3 is 5.32 Å². The van der Waals surface area contributed by atoms with Crippen molar-refractivity contribution in [2.24, 2.45) is 0 Å². The van der Waals surface area contributed by atoms with Crippen molar-refractivity contribution in [3.05, 3.63) is 11.1 Å². The second-order valence-corrected chi connectivity index (χ2v) is 4.48. The lowest BCUT2D eigenvalue weighted by atomic mass is 10.5. The molecule has 10 heavy (non-hydrogen) atoms.